The monoisotopic (exact) mass is 276 g/mol. The molecule has 19 heavy (non-hydrogen) atoms. The standard InChI is InChI=1S/C15H17ClN2O/c1-8-3-4-13-11(5-8)12-6-10(7-14(12)18-13)17-15(19)9(2)16/h3-5,9-10,18H,6-7H2,1-2H3,(H,17,19). The lowest BCUT2D eigenvalue weighted by molar-refractivity contribution is -0.121. The number of hydrogen-bond acceptors (Lipinski definition) is 1. The number of rotatable bonds is 2. The third kappa shape index (κ3) is 2.23. The molecule has 0 radical (unpaired) electrons. The van der Waals surface area contributed by atoms with E-state index in [4.69, 9.17) is 11.6 Å². The number of halogens is 1. The topological polar surface area (TPSA) is 44.9 Å². The number of aryl methyl sites for hydroxylation is 1. The number of hydrogen-bond donors (Lipinski definition) is 2. The second kappa shape index (κ2) is 4.57. The Balaban J connectivity index is 1.85. The number of nitrogens with one attached hydrogen (secondary N) is 2. The van der Waals surface area contributed by atoms with E-state index in [1.807, 2.05) is 0 Å². The summed E-state index contributed by atoms with van der Waals surface area (Å²) in [5.41, 5.74) is 5.03. The Kier molecular flexibility index (Phi) is 3.02. The molecule has 1 aromatic carbocycles. The van der Waals surface area contributed by atoms with Gasteiger partial charge in [-0.2, -0.15) is 0 Å². The van der Waals surface area contributed by atoms with Crippen molar-refractivity contribution in [3.8, 4) is 0 Å². The Morgan fingerprint density at radius 3 is 3.00 bits per heavy atom. The van der Waals surface area contributed by atoms with Crippen LogP contribution in [0.4, 0.5) is 0 Å². The molecule has 0 saturated heterocycles. The molecule has 2 aromatic rings. The van der Waals surface area contributed by atoms with E-state index in [1.165, 1.54) is 27.7 Å². The molecule has 3 nitrogen and oxygen atoms in total. The van der Waals surface area contributed by atoms with Crippen molar-refractivity contribution in [1.29, 1.82) is 0 Å². The molecular formula is C15H17ClN2O. The summed E-state index contributed by atoms with van der Waals surface area (Å²) in [6.07, 6.45) is 1.74. The fraction of sp³-hybridized carbons (Fsp3) is 0.400. The Hall–Kier alpha value is -1.48. The van der Waals surface area contributed by atoms with Gasteiger partial charge in [-0.05, 0) is 38.0 Å². The molecule has 0 spiro atoms. The molecule has 1 aliphatic carbocycles. The van der Waals surface area contributed by atoms with Crippen LogP contribution in [-0.2, 0) is 17.6 Å². The number of benzene rings is 1. The summed E-state index contributed by atoms with van der Waals surface area (Å²) < 4.78 is 0. The molecule has 0 saturated carbocycles. The number of amides is 1. The van der Waals surface area contributed by atoms with Gasteiger partial charge >= 0.3 is 0 Å². The summed E-state index contributed by atoms with van der Waals surface area (Å²) in [6.45, 7) is 3.80. The Morgan fingerprint density at radius 1 is 1.47 bits per heavy atom. The van der Waals surface area contributed by atoms with Crippen molar-refractivity contribution in [2.24, 2.45) is 0 Å². The van der Waals surface area contributed by atoms with Crippen LogP contribution in [0.5, 0.6) is 0 Å². The van der Waals surface area contributed by atoms with Gasteiger partial charge in [-0.3, -0.25) is 4.79 Å². The van der Waals surface area contributed by atoms with Gasteiger partial charge in [0, 0.05) is 29.1 Å². The first-order valence-electron chi connectivity index (χ1n) is 6.59. The van der Waals surface area contributed by atoms with E-state index in [9.17, 15) is 4.79 Å². The molecule has 2 N–H and O–H groups in total. The van der Waals surface area contributed by atoms with Crippen molar-refractivity contribution in [3.63, 3.8) is 0 Å². The van der Waals surface area contributed by atoms with Gasteiger partial charge in [0.15, 0.2) is 0 Å². The molecule has 4 heteroatoms. The van der Waals surface area contributed by atoms with Gasteiger partial charge in [-0.25, -0.2) is 0 Å². The number of H-pyrrole nitrogens is 1. The van der Waals surface area contributed by atoms with Gasteiger partial charge < -0.3 is 10.3 Å². The van der Waals surface area contributed by atoms with Crippen molar-refractivity contribution in [1.82, 2.24) is 10.3 Å². The van der Waals surface area contributed by atoms with Crippen LogP contribution >= 0.6 is 11.6 Å². The van der Waals surface area contributed by atoms with Crippen LogP contribution in [-0.4, -0.2) is 22.3 Å². The van der Waals surface area contributed by atoms with Crippen LogP contribution < -0.4 is 5.32 Å². The largest absolute Gasteiger partial charge is 0.358 e. The molecule has 0 fully saturated rings. The zero-order chi connectivity index (χ0) is 13.6. The minimum absolute atomic E-state index is 0.0858. The van der Waals surface area contributed by atoms with Gasteiger partial charge in [-0.15, -0.1) is 11.6 Å². The van der Waals surface area contributed by atoms with Crippen molar-refractivity contribution >= 4 is 28.4 Å². The Morgan fingerprint density at radius 2 is 2.26 bits per heavy atom. The second-order valence-corrected chi connectivity index (χ2v) is 6.02. The molecule has 2 unspecified atom stereocenters. The highest BCUT2D eigenvalue weighted by molar-refractivity contribution is 6.30. The summed E-state index contributed by atoms with van der Waals surface area (Å²) in [4.78, 5) is 15.1. The normalized spacial score (nSPS) is 19.4. The quantitative estimate of drug-likeness (QED) is 0.814. The molecule has 0 bridgehead atoms. The minimum atomic E-state index is -0.474. The first kappa shape index (κ1) is 12.5. The predicted octanol–water partition coefficient (Wildman–Crippen LogP) is 2.69. The van der Waals surface area contributed by atoms with Gasteiger partial charge in [-0.1, -0.05) is 11.6 Å². The van der Waals surface area contributed by atoms with Crippen LogP contribution in [0, 0.1) is 6.92 Å². The number of carbonyl (C=O) groups is 1. The van der Waals surface area contributed by atoms with E-state index >= 15 is 0 Å². The van der Waals surface area contributed by atoms with Gasteiger partial charge in [0.1, 0.15) is 5.38 Å². The average molecular weight is 277 g/mol. The molecule has 100 valence electrons. The third-order valence-corrected chi connectivity index (χ3v) is 3.96. The first-order chi connectivity index (χ1) is 9.04. The van der Waals surface area contributed by atoms with Crippen molar-refractivity contribution < 1.29 is 4.79 Å². The van der Waals surface area contributed by atoms with Crippen LogP contribution in [0.2, 0.25) is 0 Å². The Labute approximate surface area is 117 Å². The molecule has 1 aromatic heterocycles. The van der Waals surface area contributed by atoms with Crippen LogP contribution in [0.15, 0.2) is 18.2 Å². The highest BCUT2D eigenvalue weighted by Gasteiger charge is 2.27. The lowest BCUT2D eigenvalue weighted by Gasteiger charge is -2.13. The summed E-state index contributed by atoms with van der Waals surface area (Å²) in [6, 6.07) is 6.61. The SMILES string of the molecule is Cc1ccc2[nH]c3c(c2c1)CC(NC(=O)C(C)Cl)C3. The maximum absolute atomic E-state index is 11.6. The number of alkyl halides is 1. The summed E-state index contributed by atoms with van der Waals surface area (Å²) in [7, 11) is 0. The van der Waals surface area contributed by atoms with Crippen molar-refractivity contribution in [2.45, 2.75) is 38.1 Å². The summed E-state index contributed by atoms with van der Waals surface area (Å²) in [5, 5.41) is 3.81. The van der Waals surface area contributed by atoms with E-state index in [1.54, 1.807) is 6.92 Å². The van der Waals surface area contributed by atoms with Crippen LogP contribution in [0.25, 0.3) is 10.9 Å². The number of fused-ring (bicyclic) bond motifs is 3. The minimum Gasteiger partial charge on any atom is -0.358 e. The highest BCUT2D eigenvalue weighted by Crippen LogP contribution is 2.30. The van der Waals surface area contributed by atoms with Crippen LogP contribution in [0.3, 0.4) is 0 Å². The van der Waals surface area contributed by atoms with E-state index in [-0.39, 0.29) is 11.9 Å². The first-order valence-corrected chi connectivity index (χ1v) is 7.03. The second-order valence-electron chi connectivity index (χ2n) is 5.36. The predicted molar refractivity (Wildman–Crippen MR) is 77.7 cm³/mol. The van der Waals surface area contributed by atoms with Crippen molar-refractivity contribution in [3.05, 3.63) is 35.0 Å². The van der Waals surface area contributed by atoms with Gasteiger partial charge in [0.25, 0.3) is 0 Å². The summed E-state index contributed by atoms with van der Waals surface area (Å²) in [5.74, 6) is -0.0858. The lowest BCUT2D eigenvalue weighted by Crippen LogP contribution is -2.39. The van der Waals surface area contributed by atoms with E-state index in [0.717, 1.165) is 12.8 Å². The fourth-order valence-electron chi connectivity index (χ4n) is 2.81. The number of aromatic nitrogens is 1. The maximum atomic E-state index is 11.6. The molecule has 1 amide bonds. The van der Waals surface area contributed by atoms with Crippen LogP contribution in [0.1, 0.15) is 23.7 Å². The third-order valence-electron chi connectivity index (χ3n) is 3.76. The Bertz CT molecular complexity index is 645. The number of aromatic amines is 1. The molecule has 2 atom stereocenters. The number of carbonyl (C=O) groups excluding carboxylic acids is 1. The van der Waals surface area contributed by atoms with E-state index in [0.29, 0.717) is 0 Å². The van der Waals surface area contributed by atoms with Gasteiger partial charge in [0.05, 0.1) is 0 Å². The van der Waals surface area contributed by atoms with E-state index < -0.39 is 5.38 Å². The van der Waals surface area contributed by atoms with Gasteiger partial charge in [0.2, 0.25) is 5.91 Å². The zero-order valence-corrected chi connectivity index (χ0v) is 11.8. The zero-order valence-electron chi connectivity index (χ0n) is 11.1. The molecule has 1 heterocycles. The molecule has 0 aliphatic heterocycles. The fourth-order valence-corrected chi connectivity index (χ4v) is 2.87. The lowest BCUT2D eigenvalue weighted by atomic mass is 10.1. The molecule has 1 aliphatic rings. The highest BCUT2D eigenvalue weighted by atomic mass is 35.5. The average Bonchev–Trinajstić information content (AvgIpc) is 2.86. The van der Waals surface area contributed by atoms with E-state index in [2.05, 4.69) is 35.4 Å². The molecular weight excluding hydrogens is 260 g/mol. The summed E-state index contributed by atoms with van der Waals surface area (Å²) >= 11 is 5.79. The maximum Gasteiger partial charge on any atom is 0.238 e. The molecule has 3 rings (SSSR count). The van der Waals surface area contributed by atoms with Crippen molar-refractivity contribution in [2.75, 3.05) is 0 Å². The smallest absolute Gasteiger partial charge is 0.238 e.